The molecular formula is C20H28N4O2. The Bertz CT molecular complexity index is 705. The molecule has 1 aliphatic heterocycles. The number of nitrogens with one attached hydrogen (secondary N) is 2. The average molecular weight is 356 g/mol. The third-order valence-corrected chi connectivity index (χ3v) is 5.00. The van der Waals surface area contributed by atoms with Crippen molar-refractivity contribution < 1.29 is 9.53 Å². The van der Waals surface area contributed by atoms with Crippen LogP contribution in [0.3, 0.4) is 0 Å². The molecule has 2 aromatic rings. The number of carbonyl (C=O) groups excluding carboxylic acids is 1. The maximum atomic E-state index is 12.4. The number of aromatic amines is 1. The Morgan fingerprint density at radius 1 is 1.27 bits per heavy atom. The fourth-order valence-corrected chi connectivity index (χ4v) is 3.24. The van der Waals surface area contributed by atoms with Crippen LogP contribution in [0, 0.1) is 5.92 Å². The van der Waals surface area contributed by atoms with E-state index in [0.29, 0.717) is 5.82 Å². The lowest BCUT2D eigenvalue weighted by Gasteiger charge is -2.27. The number of rotatable bonds is 7. The second kappa shape index (κ2) is 8.85. The van der Waals surface area contributed by atoms with Crippen molar-refractivity contribution in [3.63, 3.8) is 0 Å². The van der Waals surface area contributed by atoms with Gasteiger partial charge in [-0.05, 0) is 63.2 Å². The first-order chi connectivity index (χ1) is 12.7. The van der Waals surface area contributed by atoms with Crippen LogP contribution in [0.25, 0.3) is 11.3 Å². The summed E-state index contributed by atoms with van der Waals surface area (Å²) in [5.41, 5.74) is 1.77. The minimum absolute atomic E-state index is 0.0235. The highest BCUT2D eigenvalue weighted by Gasteiger charge is 2.17. The molecule has 1 amide bonds. The van der Waals surface area contributed by atoms with Crippen LogP contribution >= 0.6 is 0 Å². The van der Waals surface area contributed by atoms with Gasteiger partial charge in [0.1, 0.15) is 11.6 Å². The van der Waals surface area contributed by atoms with Gasteiger partial charge in [0.15, 0.2) is 0 Å². The first kappa shape index (κ1) is 18.5. The number of likely N-dealkylation sites (tertiary alicyclic amines) is 1. The average Bonchev–Trinajstić information content (AvgIpc) is 3.15. The molecule has 1 saturated heterocycles. The summed E-state index contributed by atoms with van der Waals surface area (Å²) in [5, 5.41) is 10.1. The van der Waals surface area contributed by atoms with Crippen molar-refractivity contribution in [2.75, 3.05) is 32.1 Å². The van der Waals surface area contributed by atoms with Crippen molar-refractivity contribution in [3.05, 3.63) is 30.3 Å². The van der Waals surface area contributed by atoms with E-state index in [1.165, 1.54) is 32.4 Å². The summed E-state index contributed by atoms with van der Waals surface area (Å²) < 4.78 is 5.17. The fraction of sp³-hybridized carbons (Fsp3) is 0.500. The van der Waals surface area contributed by atoms with Gasteiger partial charge < -0.3 is 15.0 Å². The summed E-state index contributed by atoms with van der Waals surface area (Å²) in [7, 11) is 1.64. The van der Waals surface area contributed by atoms with Gasteiger partial charge in [0.05, 0.1) is 12.8 Å². The van der Waals surface area contributed by atoms with Crippen LogP contribution < -0.4 is 10.1 Å². The third-order valence-electron chi connectivity index (χ3n) is 5.00. The fourth-order valence-electron chi connectivity index (χ4n) is 3.24. The lowest BCUT2D eigenvalue weighted by atomic mass is 10.1. The molecule has 0 saturated carbocycles. The largest absolute Gasteiger partial charge is 0.497 e. The summed E-state index contributed by atoms with van der Waals surface area (Å²) in [4.78, 5) is 14.9. The van der Waals surface area contributed by atoms with Crippen molar-refractivity contribution in [2.45, 2.75) is 32.6 Å². The van der Waals surface area contributed by atoms with E-state index >= 15 is 0 Å². The van der Waals surface area contributed by atoms with Crippen molar-refractivity contribution >= 4 is 11.7 Å². The quantitative estimate of drug-likeness (QED) is 0.796. The molecule has 1 fully saturated rings. The molecule has 6 nitrogen and oxygen atoms in total. The van der Waals surface area contributed by atoms with Gasteiger partial charge in [-0.15, -0.1) is 0 Å². The number of methoxy groups -OCH3 is 1. The zero-order chi connectivity index (χ0) is 18.4. The Kier molecular flexibility index (Phi) is 6.28. The van der Waals surface area contributed by atoms with Crippen molar-refractivity contribution in [1.82, 2.24) is 15.1 Å². The smallest absolute Gasteiger partial charge is 0.228 e. The van der Waals surface area contributed by atoms with Crippen LogP contribution in [0.4, 0.5) is 5.82 Å². The van der Waals surface area contributed by atoms with Gasteiger partial charge in [0, 0.05) is 17.5 Å². The van der Waals surface area contributed by atoms with Gasteiger partial charge in [-0.1, -0.05) is 13.3 Å². The number of aromatic nitrogens is 2. The van der Waals surface area contributed by atoms with E-state index in [-0.39, 0.29) is 11.8 Å². The molecule has 6 heteroatoms. The van der Waals surface area contributed by atoms with Gasteiger partial charge in [-0.2, -0.15) is 5.10 Å². The molecule has 0 spiro atoms. The van der Waals surface area contributed by atoms with Crippen molar-refractivity contribution in [1.29, 1.82) is 0 Å². The zero-order valence-corrected chi connectivity index (χ0v) is 15.6. The Morgan fingerprint density at radius 2 is 2.00 bits per heavy atom. The highest BCUT2D eigenvalue weighted by molar-refractivity contribution is 5.91. The molecule has 1 aromatic heterocycles. The summed E-state index contributed by atoms with van der Waals surface area (Å²) in [6.07, 6.45) is 4.78. The van der Waals surface area contributed by atoms with E-state index in [1.54, 1.807) is 7.11 Å². The van der Waals surface area contributed by atoms with Gasteiger partial charge >= 0.3 is 0 Å². The molecule has 140 valence electrons. The van der Waals surface area contributed by atoms with E-state index in [0.717, 1.165) is 30.0 Å². The van der Waals surface area contributed by atoms with Crippen molar-refractivity contribution in [2.24, 2.45) is 5.92 Å². The number of anilines is 1. The number of benzene rings is 1. The normalized spacial score (nSPS) is 16.2. The topological polar surface area (TPSA) is 70.2 Å². The van der Waals surface area contributed by atoms with E-state index in [9.17, 15) is 4.79 Å². The van der Waals surface area contributed by atoms with Crippen LogP contribution in [0.5, 0.6) is 5.75 Å². The number of hydrogen-bond donors (Lipinski definition) is 2. The first-order valence-electron chi connectivity index (χ1n) is 9.39. The van der Waals surface area contributed by atoms with Crippen LogP contribution in [0.1, 0.15) is 32.6 Å². The lowest BCUT2D eigenvalue weighted by Crippen LogP contribution is -2.33. The zero-order valence-electron chi connectivity index (χ0n) is 15.6. The number of H-pyrrole nitrogens is 1. The van der Waals surface area contributed by atoms with E-state index in [2.05, 4.69) is 20.4 Å². The molecule has 0 radical (unpaired) electrons. The van der Waals surface area contributed by atoms with Gasteiger partial charge in [0.25, 0.3) is 0 Å². The van der Waals surface area contributed by atoms with Crippen molar-refractivity contribution in [3.8, 4) is 17.0 Å². The molecular weight excluding hydrogens is 328 g/mol. The monoisotopic (exact) mass is 356 g/mol. The molecule has 26 heavy (non-hydrogen) atoms. The number of hydrogen-bond acceptors (Lipinski definition) is 4. The maximum absolute atomic E-state index is 12.4. The van der Waals surface area contributed by atoms with Crippen LogP contribution in [-0.2, 0) is 4.79 Å². The molecule has 0 aliphatic carbocycles. The summed E-state index contributed by atoms with van der Waals surface area (Å²) in [6.45, 7) is 5.31. The third kappa shape index (κ3) is 4.85. The van der Waals surface area contributed by atoms with E-state index in [1.807, 2.05) is 37.3 Å². The molecule has 3 rings (SSSR count). The number of carbonyl (C=O) groups is 1. The predicted molar refractivity (Wildman–Crippen MR) is 103 cm³/mol. The van der Waals surface area contributed by atoms with Gasteiger partial charge in [0.2, 0.25) is 5.91 Å². The Morgan fingerprint density at radius 3 is 2.69 bits per heavy atom. The van der Waals surface area contributed by atoms with E-state index < -0.39 is 0 Å². The van der Waals surface area contributed by atoms with Gasteiger partial charge in [-0.3, -0.25) is 9.89 Å². The first-order valence-corrected chi connectivity index (χ1v) is 9.39. The summed E-state index contributed by atoms with van der Waals surface area (Å²) >= 11 is 0. The highest BCUT2D eigenvalue weighted by Crippen LogP contribution is 2.23. The molecule has 1 atom stereocenters. The minimum Gasteiger partial charge on any atom is -0.497 e. The standard InChI is InChI=1S/C20H28N4O2/c1-15(10-13-24-11-4-3-5-12-24)20(25)21-19-14-18(22-23-19)16-6-8-17(26-2)9-7-16/h6-9,14-15H,3-5,10-13H2,1-2H3,(H2,21,22,23,25). The van der Waals surface area contributed by atoms with Crippen LogP contribution in [0.2, 0.25) is 0 Å². The maximum Gasteiger partial charge on any atom is 0.228 e. The summed E-state index contributed by atoms with van der Waals surface area (Å²) in [5.74, 6) is 1.45. The molecule has 1 aromatic carbocycles. The Labute approximate surface area is 154 Å². The Hall–Kier alpha value is -2.34. The molecule has 2 heterocycles. The van der Waals surface area contributed by atoms with E-state index in [4.69, 9.17) is 4.74 Å². The molecule has 1 unspecified atom stereocenters. The molecule has 2 N–H and O–H groups in total. The second-order valence-corrected chi connectivity index (χ2v) is 6.98. The SMILES string of the molecule is COc1ccc(-c2cc(NC(=O)C(C)CCN3CCCCC3)[nH]n2)cc1. The summed E-state index contributed by atoms with van der Waals surface area (Å²) in [6, 6.07) is 9.54. The lowest BCUT2D eigenvalue weighted by molar-refractivity contribution is -0.119. The Balaban J connectivity index is 1.51. The minimum atomic E-state index is -0.0235. The highest BCUT2D eigenvalue weighted by atomic mass is 16.5. The van der Waals surface area contributed by atoms with Crippen LogP contribution in [-0.4, -0.2) is 47.7 Å². The number of ether oxygens (including phenoxy) is 1. The number of nitrogens with zero attached hydrogens (tertiary/aromatic N) is 2. The molecule has 0 bridgehead atoms. The van der Waals surface area contributed by atoms with Gasteiger partial charge in [-0.25, -0.2) is 0 Å². The van der Waals surface area contributed by atoms with Crippen LogP contribution in [0.15, 0.2) is 30.3 Å². The number of amides is 1. The predicted octanol–water partition coefficient (Wildman–Crippen LogP) is 3.54. The second-order valence-electron chi connectivity index (χ2n) is 6.98. The number of piperidine rings is 1. The molecule has 1 aliphatic rings.